The second-order valence-corrected chi connectivity index (χ2v) is 4.33. The predicted octanol–water partition coefficient (Wildman–Crippen LogP) is -1.79. The lowest BCUT2D eigenvalue weighted by Gasteiger charge is -2.35. The lowest BCUT2D eigenvalue weighted by atomic mass is 10.1. The summed E-state index contributed by atoms with van der Waals surface area (Å²) in [5.74, 6) is -0.174. The quantitative estimate of drug-likeness (QED) is 0.672. The topological polar surface area (TPSA) is 92.2 Å². The number of nitrogens with one attached hydrogen (secondary N) is 2. The van der Waals surface area contributed by atoms with E-state index in [2.05, 4.69) is 20.7 Å². The average molecular weight is 266 g/mol. The van der Waals surface area contributed by atoms with Gasteiger partial charge in [0.15, 0.2) is 0 Å². The molecule has 1 aliphatic rings. The standard InChI is InChI=1S/C11H18N6O2/c1-12-11(19)9-6-13-3-5-17(9)10(18)2-4-16-8-14-7-15-16/h7-9,13H,2-6H2,1H3,(H,12,19). The molecule has 0 spiro atoms. The number of piperazine rings is 1. The Kier molecular flexibility index (Phi) is 4.45. The summed E-state index contributed by atoms with van der Waals surface area (Å²) in [4.78, 5) is 29.4. The van der Waals surface area contributed by atoms with Crippen LogP contribution in [-0.4, -0.2) is 64.2 Å². The van der Waals surface area contributed by atoms with Gasteiger partial charge in [-0.05, 0) is 0 Å². The number of carbonyl (C=O) groups is 2. The molecule has 0 bridgehead atoms. The van der Waals surface area contributed by atoms with Crippen molar-refractivity contribution >= 4 is 11.8 Å². The molecule has 1 atom stereocenters. The smallest absolute Gasteiger partial charge is 0.243 e. The minimum atomic E-state index is -0.429. The molecule has 2 amide bonds. The Hall–Kier alpha value is -1.96. The van der Waals surface area contributed by atoms with E-state index < -0.39 is 6.04 Å². The maximum atomic E-state index is 12.2. The summed E-state index contributed by atoms with van der Waals surface area (Å²) in [6.07, 6.45) is 3.32. The number of hydrogen-bond donors (Lipinski definition) is 2. The van der Waals surface area contributed by atoms with Crippen LogP contribution in [-0.2, 0) is 16.1 Å². The van der Waals surface area contributed by atoms with Crippen molar-refractivity contribution in [1.82, 2.24) is 30.3 Å². The number of likely N-dealkylation sites (N-methyl/N-ethyl adjacent to an activating group) is 1. The average Bonchev–Trinajstić information content (AvgIpc) is 2.97. The first kappa shape index (κ1) is 13.5. The zero-order valence-electron chi connectivity index (χ0n) is 10.9. The Morgan fingerprint density at radius 1 is 1.53 bits per heavy atom. The highest BCUT2D eigenvalue weighted by molar-refractivity contribution is 5.88. The fourth-order valence-electron chi connectivity index (χ4n) is 2.11. The van der Waals surface area contributed by atoms with Crippen LogP contribution in [0.2, 0.25) is 0 Å². The summed E-state index contributed by atoms with van der Waals surface area (Å²) >= 11 is 0. The van der Waals surface area contributed by atoms with E-state index in [-0.39, 0.29) is 11.8 Å². The van der Waals surface area contributed by atoms with Gasteiger partial charge in [0, 0.05) is 33.1 Å². The summed E-state index contributed by atoms with van der Waals surface area (Å²) in [5.41, 5.74) is 0. The minimum absolute atomic E-state index is 0.0365. The van der Waals surface area contributed by atoms with Gasteiger partial charge in [0.25, 0.3) is 0 Å². The molecule has 0 aliphatic carbocycles. The van der Waals surface area contributed by atoms with Crippen molar-refractivity contribution in [3.63, 3.8) is 0 Å². The first-order chi connectivity index (χ1) is 9.22. The number of carbonyl (C=O) groups excluding carboxylic acids is 2. The molecule has 8 heteroatoms. The molecule has 1 aromatic heterocycles. The van der Waals surface area contributed by atoms with E-state index in [9.17, 15) is 9.59 Å². The van der Waals surface area contributed by atoms with Crippen molar-refractivity contribution in [2.45, 2.75) is 19.0 Å². The van der Waals surface area contributed by atoms with Gasteiger partial charge in [-0.15, -0.1) is 0 Å². The number of rotatable bonds is 4. The molecular weight excluding hydrogens is 248 g/mol. The largest absolute Gasteiger partial charge is 0.357 e. The monoisotopic (exact) mass is 266 g/mol. The van der Waals surface area contributed by atoms with Crippen LogP contribution in [0.1, 0.15) is 6.42 Å². The zero-order valence-corrected chi connectivity index (χ0v) is 10.9. The highest BCUT2D eigenvalue weighted by atomic mass is 16.2. The second kappa shape index (κ2) is 6.28. The number of nitrogens with zero attached hydrogens (tertiary/aromatic N) is 4. The van der Waals surface area contributed by atoms with E-state index in [1.54, 1.807) is 23.0 Å². The van der Waals surface area contributed by atoms with Gasteiger partial charge in [0.2, 0.25) is 11.8 Å². The third kappa shape index (κ3) is 3.28. The van der Waals surface area contributed by atoms with Crippen molar-refractivity contribution in [3.8, 4) is 0 Å². The van der Waals surface area contributed by atoms with E-state index in [1.807, 2.05) is 0 Å². The second-order valence-electron chi connectivity index (χ2n) is 4.33. The van der Waals surface area contributed by atoms with Gasteiger partial charge in [-0.25, -0.2) is 4.98 Å². The molecule has 0 radical (unpaired) electrons. The molecule has 0 saturated carbocycles. The fraction of sp³-hybridized carbons (Fsp3) is 0.636. The molecular formula is C11H18N6O2. The Balaban J connectivity index is 1.93. The summed E-state index contributed by atoms with van der Waals surface area (Å²) < 4.78 is 1.61. The first-order valence-electron chi connectivity index (χ1n) is 6.26. The van der Waals surface area contributed by atoms with Gasteiger partial charge >= 0.3 is 0 Å². The first-order valence-corrected chi connectivity index (χ1v) is 6.26. The SMILES string of the molecule is CNC(=O)C1CNCCN1C(=O)CCn1cncn1. The molecule has 1 aromatic rings. The number of amides is 2. The molecule has 19 heavy (non-hydrogen) atoms. The molecule has 2 rings (SSSR count). The molecule has 1 unspecified atom stereocenters. The Labute approximate surface area is 111 Å². The summed E-state index contributed by atoms with van der Waals surface area (Å²) in [5, 5.41) is 9.66. The fourth-order valence-corrected chi connectivity index (χ4v) is 2.11. The number of aromatic nitrogens is 3. The summed E-state index contributed by atoms with van der Waals surface area (Å²) in [7, 11) is 1.58. The lowest BCUT2D eigenvalue weighted by molar-refractivity contribution is -0.141. The highest BCUT2D eigenvalue weighted by Gasteiger charge is 2.30. The van der Waals surface area contributed by atoms with E-state index in [0.717, 1.165) is 0 Å². The molecule has 8 nitrogen and oxygen atoms in total. The van der Waals surface area contributed by atoms with E-state index in [1.165, 1.54) is 6.33 Å². The van der Waals surface area contributed by atoms with Gasteiger partial charge in [-0.3, -0.25) is 14.3 Å². The Morgan fingerprint density at radius 2 is 2.37 bits per heavy atom. The van der Waals surface area contributed by atoms with Crippen LogP contribution < -0.4 is 10.6 Å². The van der Waals surface area contributed by atoms with E-state index in [0.29, 0.717) is 32.6 Å². The Morgan fingerprint density at radius 3 is 3.05 bits per heavy atom. The minimum Gasteiger partial charge on any atom is -0.357 e. The van der Waals surface area contributed by atoms with Gasteiger partial charge in [0.1, 0.15) is 18.7 Å². The maximum absolute atomic E-state index is 12.2. The van der Waals surface area contributed by atoms with Gasteiger partial charge in [-0.1, -0.05) is 0 Å². The third-order valence-corrected chi connectivity index (χ3v) is 3.13. The van der Waals surface area contributed by atoms with Gasteiger partial charge in [-0.2, -0.15) is 5.10 Å². The normalized spacial score (nSPS) is 19.2. The van der Waals surface area contributed by atoms with Crippen LogP contribution in [0.4, 0.5) is 0 Å². The zero-order chi connectivity index (χ0) is 13.7. The van der Waals surface area contributed by atoms with Crippen LogP contribution in [0.15, 0.2) is 12.7 Å². The van der Waals surface area contributed by atoms with E-state index in [4.69, 9.17) is 0 Å². The van der Waals surface area contributed by atoms with E-state index >= 15 is 0 Å². The van der Waals surface area contributed by atoms with Gasteiger partial charge in [0.05, 0.1) is 6.54 Å². The highest BCUT2D eigenvalue weighted by Crippen LogP contribution is 2.06. The van der Waals surface area contributed by atoms with Crippen LogP contribution in [0, 0.1) is 0 Å². The molecule has 2 N–H and O–H groups in total. The Bertz CT molecular complexity index is 432. The molecule has 0 aromatic carbocycles. The summed E-state index contributed by atoms with van der Waals surface area (Å²) in [6.45, 7) is 2.23. The molecule has 1 aliphatic heterocycles. The third-order valence-electron chi connectivity index (χ3n) is 3.13. The molecule has 1 fully saturated rings. The summed E-state index contributed by atoms with van der Waals surface area (Å²) in [6, 6.07) is -0.429. The van der Waals surface area contributed by atoms with Crippen molar-refractivity contribution in [2.24, 2.45) is 0 Å². The molecule has 2 heterocycles. The van der Waals surface area contributed by atoms with Crippen LogP contribution in [0.3, 0.4) is 0 Å². The van der Waals surface area contributed by atoms with Crippen molar-refractivity contribution in [3.05, 3.63) is 12.7 Å². The van der Waals surface area contributed by atoms with Crippen molar-refractivity contribution in [2.75, 3.05) is 26.7 Å². The number of hydrogen-bond acceptors (Lipinski definition) is 5. The number of aryl methyl sites for hydroxylation is 1. The van der Waals surface area contributed by atoms with Gasteiger partial charge < -0.3 is 15.5 Å². The van der Waals surface area contributed by atoms with Crippen molar-refractivity contribution in [1.29, 1.82) is 0 Å². The van der Waals surface area contributed by atoms with Crippen LogP contribution >= 0.6 is 0 Å². The van der Waals surface area contributed by atoms with Crippen LogP contribution in [0.25, 0.3) is 0 Å². The maximum Gasteiger partial charge on any atom is 0.243 e. The van der Waals surface area contributed by atoms with Crippen LogP contribution in [0.5, 0.6) is 0 Å². The predicted molar refractivity (Wildman–Crippen MR) is 67.1 cm³/mol. The molecule has 1 saturated heterocycles. The van der Waals surface area contributed by atoms with Crippen molar-refractivity contribution < 1.29 is 9.59 Å². The molecule has 104 valence electrons. The lowest BCUT2D eigenvalue weighted by Crippen LogP contribution is -2.59.